The molecule has 0 bridgehead atoms. The van der Waals surface area contributed by atoms with Gasteiger partial charge in [-0.1, -0.05) is 23.2 Å². The Morgan fingerprint density at radius 3 is 2.94 bits per heavy atom. The van der Waals surface area contributed by atoms with Crippen LogP contribution in [-0.4, -0.2) is 62.6 Å². The summed E-state index contributed by atoms with van der Waals surface area (Å²) in [6, 6.07) is 5.36. The van der Waals surface area contributed by atoms with Crippen LogP contribution in [0, 0.1) is 0 Å². The number of fused-ring (bicyclic) bond motifs is 1. The van der Waals surface area contributed by atoms with Crippen molar-refractivity contribution in [3.05, 3.63) is 47.0 Å². The minimum absolute atomic E-state index is 0.0585. The quantitative estimate of drug-likeness (QED) is 0.491. The molecule has 8 nitrogen and oxygen atoms in total. The zero-order valence-corrected chi connectivity index (χ0v) is 18.1. The van der Waals surface area contributed by atoms with E-state index in [1.807, 2.05) is 27.8 Å². The maximum atomic E-state index is 10.7. The summed E-state index contributed by atoms with van der Waals surface area (Å²) in [4.78, 5) is 21.6. The van der Waals surface area contributed by atoms with Crippen LogP contribution in [0.3, 0.4) is 0 Å². The van der Waals surface area contributed by atoms with E-state index in [1.165, 1.54) is 0 Å². The third-order valence-electron chi connectivity index (χ3n) is 5.41. The summed E-state index contributed by atoms with van der Waals surface area (Å²) in [7, 11) is 0. The number of hydrogen-bond donors (Lipinski definition) is 2. The number of aliphatic carboxylic acids is 1. The Kier molecular flexibility index (Phi) is 6.62. The molecule has 2 N–H and O–H groups in total. The van der Waals surface area contributed by atoms with Crippen molar-refractivity contribution in [1.29, 1.82) is 0 Å². The lowest BCUT2D eigenvalue weighted by Crippen LogP contribution is -2.42. The molecule has 164 valence electrons. The van der Waals surface area contributed by atoms with Crippen LogP contribution in [0.4, 0.5) is 5.82 Å². The molecule has 0 spiro atoms. The molecule has 10 heteroatoms. The summed E-state index contributed by atoms with van der Waals surface area (Å²) in [5, 5.41) is 21.1. The van der Waals surface area contributed by atoms with Crippen LogP contribution >= 0.6 is 23.2 Å². The number of rotatable bonds is 8. The van der Waals surface area contributed by atoms with Crippen molar-refractivity contribution in [3.63, 3.8) is 0 Å². The van der Waals surface area contributed by atoms with E-state index in [2.05, 4.69) is 4.98 Å². The summed E-state index contributed by atoms with van der Waals surface area (Å²) in [5.74, 6) is -0.257. The first-order valence-corrected chi connectivity index (χ1v) is 10.7. The molecule has 1 aromatic carbocycles. The lowest BCUT2D eigenvalue weighted by Gasteiger charge is -2.30. The number of ether oxygens (including phenoxy) is 1. The van der Waals surface area contributed by atoms with Gasteiger partial charge < -0.3 is 24.4 Å². The Morgan fingerprint density at radius 2 is 2.19 bits per heavy atom. The molecule has 3 aromatic rings. The van der Waals surface area contributed by atoms with Crippen molar-refractivity contribution in [2.24, 2.45) is 0 Å². The molecule has 0 radical (unpaired) electrons. The number of aromatic nitrogens is 3. The Bertz CT molecular complexity index is 1080. The average Bonchev–Trinajstić information content (AvgIpc) is 3.45. The molecule has 0 aliphatic carbocycles. The average molecular weight is 465 g/mol. The van der Waals surface area contributed by atoms with Crippen molar-refractivity contribution < 1.29 is 19.7 Å². The van der Waals surface area contributed by atoms with Gasteiger partial charge in [0.1, 0.15) is 5.82 Å². The smallest absolute Gasteiger partial charge is 0.305 e. The molecule has 3 heterocycles. The van der Waals surface area contributed by atoms with Gasteiger partial charge in [-0.25, -0.2) is 9.97 Å². The van der Waals surface area contributed by atoms with Crippen LogP contribution in [-0.2, 0) is 9.53 Å². The van der Waals surface area contributed by atoms with Crippen LogP contribution < -0.4 is 4.90 Å². The van der Waals surface area contributed by atoms with Crippen molar-refractivity contribution in [2.45, 2.75) is 31.4 Å². The van der Waals surface area contributed by atoms with E-state index in [0.717, 1.165) is 30.5 Å². The van der Waals surface area contributed by atoms with Crippen molar-refractivity contribution in [2.75, 3.05) is 24.7 Å². The predicted molar refractivity (Wildman–Crippen MR) is 118 cm³/mol. The number of halogens is 2. The van der Waals surface area contributed by atoms with Crippen LogP contribution in [0.1, 0.15) is 19.3 Å². The molecule has 0 amide bonds. The fraction of sp³-hybridized carbons (Fsp3) is 0.381. The maximum Gasteiger partial charge on any atom is 0.305 e. The van der Waals surface area contributed by atoms with Crippen molar-refractivity contribution in [1.82, 2.24) is 14.5 Å². The lowest BCUT2D eigenvalue weighted by molar-refractivity contribution is -0.138. The number of carbonyl (C=O) groups is 1. The normalized spacial score (nSPS) is 17.4. The molecule has 1 fully saturated rings. The molecule has 1 aliphatic rings. The molecule has 4 rings (SSSR count). The SMILES string of the molecule is O=C(O)CCOCC(O)[C@@H]1CCCN1c1cc(-n2ccnc2)c2ccc(Cl)c(Cl)c2n1. The minimum Gasteiger partial charge on any atom is -0.481 e. The molecule has 1 unspecified atom stereocenters. The van der Waals surface area contributed by atoms with Gasteiger partial charge in [0.05, 0.1) is 59.4 Å². The third kappa shape index (κ3) is 4.62. The van der Waals surface area contributed by atoms with Gasteiger partial charge in [0, 0.05) is 30.4 Å². The number of carboxylic acids is 1. The topological polar surface area (TPSA) is 101 Å². The van der Waals surface area contributed by atoms with E-state index in [1.54, 1.807) is 18.6 Å². The van der Waals surface area contributed by atoms with E-state index in [9.17, 15) is 9.90 Å². The first-order chi connectivity index (χ1) is 15.0. The summed E-state index contributed by atoms with van der Waals surface area (Å²) in [5.41, 5.74) is 1.43. The lowest BCUT2D eigenvalue weighted by atomic mass is 10.1. The van der Waals surface area contributed by atoms with Gasteiger partial charge in [-0.2, -0.15) is 0 Å². The van der Waals surface area contributed by atoms with Gasteiger partial charge in [-0.05, 0) is 25.0 Å². The minimum atomic E-state index is -0.931. The van der Waals surface area contributed by atoms with E-state index in [-0.39, 0.29) is 25.7 Å². The largest absolute Gasteiger partial charge is 0.481 e. The number of benzene rings is 1. The summed E-state index contributed by atoms with van der Waals surface area (Å²) < 4.78 is 7.24. The number of hydrogen-bond acceptors (Lipinski definition) is 6. The van der Waals surface area contributed by atoms with Crippen LogP contribution in [0.2, 0.25) is 10.0 Å². The van der Waals surface area contributed by atoms with E-state index < -0.39 is 12.1 Å². The molecule has 0 saturated carbocycles. The Morgan fingerprint density at radius 1 is 1.35 bits per heavy atom. The highest BCUT2D eigenvalue weighted by Crippen LogP contribution is 2.36. The number of aliphatic hydroxyl groups excluding tert-OH is 1. The second-order valence-electron chi connectivity index (χ2n) is 7.42. The summed E-state index contributed by atoms with van der Waals surface area (Å²) in [6.07, 6.45) is 6.02. The Labute approximate surface area is 189 Å². The van der Waals surface area contributed by atoms with Gasteiger partial charge >= 0.3 is 5.97 Å². The zero-order chi connectivity index (χ0) is 22.0. The first kappa shape index (κ1) is 21.8. The number of nitrogens with zero attached hydrogens (tertiary/aromatic N) is 4. The molecule has 1 aliphatic heterocycles. The summed E-state index contributed by atoms with van der Waals surface area (Å²) in [6.45, 7) is 0.839. The van der Waals surface area contributed by atoms with Crippen LogP contribution in [0.25, 0.3) is 16.6 Å². The van der Waals surface area contributed by atoms with E-state index >= 15 is 0 Å². The van der Waals surface area contributed by atoms with Crippen molar-refractivity contribution in [3.8, 4) is 5.69 Å². The maximum absolute atomic E-state index is 10.7. The van der Waals surface area contributed by atoms with Gasteiger partial charge in [0.25, 0.3) is 0 Å². The van der Waals surface area contributed by atoms with Crippen LogP contribution in [0.5, 0.6) is 0 Å². The number of imidazole rings is 1. The van der Waals surface area contributed by atoms with Crippen molar-refractivity contribution >= 4 is 45.9 Å². The fourth-order valence-corrected chi connectivity index (χ4v) is 4.28. The number of aliphatic hydroxyl groups is 1. The zero-order valence-electron chi connectivity index (χ0n) is 16.6. The second-order valence-corrected chi connectivity index (χ2v) is 8.20. The predicted octanol–water partition coefficient (Wildman–Crippen LogP) is 3.55. The molecular formula is C21H22Cl2N4O4. The highest BCUT2D eigenvalue weighted by atomic mass is 35.5. The Hall–Kier alpha value is -2.39. The first-order valence-electron chi connectivity index (χ1n) is 9.97. The Balaban J connectivity index is 1.66. The van der Waals surface area contributed by atoms with Gasteiger partial charge in [0.15, 0.2) is 0 Å². The molecule has 2 atom stereocenters. The second kappa shape index (κ2) is 9.40. The van der Waals surface area contributed by atoms with Gasteiger partial charge in [-0.3, -0.25) is 4.79 Å². The number of carboxylic acid groups (broad SMARTS) is 1. The summed E-state index contributed by atoms with van der Waals surface area (Å²) >= 11 is 12.7. The highest BCUT2D eigenvalue weighted by Gasteiger charge is 2.32. The molecular weight excluding hydrogens is 443 g/mol. The monoisotopic (exact) mass is 464 g/mol. The fourth-order valence-electron chi connectivity index (χ4n) is 3.92. The number of pyridine rings is 1. The molecule has 2 aromatic heterocycles. The van der Waals surface area contributed by atoms with E-state index in [0.29, 0.717) is 21.4 Å². The van der Waals surface area contributed by atoms with E-state index in [4.69, 9.17) is 38.0 Å². The standard InChI is InChI=1S/C21H22Cl2N4O4/c22-14-4-3-13-16(26-8-6-24-12-26)10-18(25-21(13)20(14)23)27-7-1-2-15(27)17(28)11-31-9-5-19(29)30/h3-4,6,8,10,12,15,17,28H,1-2,5,7,9,11H2,(H,29,30)/t15-,17?/m0/s1. The number of anilines is 1. The molecule has 31 heavy (non-hydrogen) atoms. The third-order valence-corrected chi connectivity index (χ3v) is 6.20. The van der Waals surface area contributed by atoms with Gasteiger partial charge in [0.2, 0.25) is 0 Å². The van der Waals surface area contributed by atoms with Crippen LogP contribution in [0.15, 0.2) is 36.9 Å². The highest BCUT2D eigenvalue weighted by molar-refractivity contribution is 6.45. The molecule has 1 saturated heterocycles. The van der Waals surface area contributed by atoms with Gasteiger partial charge in [-0.15, -0.1) is 0 Å².